The Balaban J connectivity index is 1.62. The first-order valence-corrected chi connectivity index (χ1v) is 8.00. The first kappa shape index (κ1) is 16.0. The summed E-state index contributed by atoms with van der Waals surface area (Å²) < 4.78 is 0. The highest BCUT2D eigenvalue weighted by molar-refractivity contribution is 5.94. The van der Waals surface area contributed by atoms with Gasteiger partial charge < -0.3 is 10.0 Å². The van der Waals surface area contributed by atoms with Gasteiger partial charge in [-0.15, -0.1) is 0 Å². The molecule has 122 valence electrons. The van der Waals surface area contributed by atoms with Crippen molar-refractivity contribution in [2.24, 2.45) is 0 Å². The van der Waals surface area contributed by atoms with Crippen LogP contribution in [0.2, 0.25) is 0 Å². The minimum absolute atomic E-state index is 0.0838. The van der Waals surface area contributed by atoms with Gasteiger partial charge in [-0.3, -0.25) is 4.79 Å². The Morgan fingerprint density at radius 1 is 0.875 bits per heavy atom. The zero-order valence-corrected chi connectivity index (χ0v) is 13.3. The molecule has 4 nitrogen and oxygen atoms in total. The van der Waals surface area contributed by atoms with E-state index in [1.165, 1.54) is 5.57 Å². The number of piperidine rings is 1. The number of carboxylic acids is 1. The Bertz CT molecular complexity index is 753. The third-order valence-electron chi connectivity index (χ3n) is 4.24. The van der Waals surface area contributed by atoms with Gasteiger partial charge in [0.05, 0.1) is 5.56 Å². The summed E-state index contributed by atoms with van der Waals surface area (Å²) in [6.45, 7) is 1.43. The molecule has 4 heteroatoms. The fraction of sp³-hybridized carbons (Fsp3) is 0.200. The number of hydrogen-bond donors (Lipinski definition) is 1. The molecule has 24 heavy (non-hydrogen) atoms. The van der Waals surface area contributed by atoms with Crippen LogP contribution in [0.1, 0.15) is 39.1 Å². The third-order valence-corrected chi connectivity index (χ3v) is 4.24. The van der Waals surface area contributed by atoms with Gasteiger partial charge >= 0.3 is 5.97 Å². The zero-order chi connectivity index (χ0) is 16.9. The van der Waals surface area contributed by atoms with E-state index in [4.69, 9.17) is 5.11 Å². The van der Waals surface area contributed by atoms with E-state index in [0.717, 1.165) is 24.0 Å². The lowest BCUT2D eigenvalue weighted by Crippen LogP contribution is -2.36. The second-order valence-corrected chi connectivity index (χ2v) is 5.89. The number of aromatic carboxylic acids is 1. The number of hydrogen-bond acceptors (Lipinski definition) is 2. The van der Waals surface area contributed by atoms with Crippen molar-refractivity contribution < 1.29 is 14.7 Å². The fourth-order valence-corrected chi connectivity index (χ4v) is 2.86. The predicted octanol–water partition coefficient (Wildman–Crippen LogP) is 3.70. The van der Waals surface area contributed by atoms with E-state index in [0.29, 0.717) is 18.7 Å². The summed E-state index contributed by atoms with van der Waals surface area (Å²) in [6, 6.07) is 16.2. The van der Waals surface area contributed by atoms with Gasteiger partial charge in [0, 0.05) is 18.7 Å². The Morgan fingerprint density at radius 2 is 1.50 bits per heavy atom. The minimum atomic E-state index is -0.915. The van der Waals surface area contributed by atoms with Gasteiger partial charge in [0.2, 0.25) is 0 Å². The highest BCUT2D eigenvalue weighted by atomic mass is 16.4. The lowest BCUT2D eigenvalue weighted by Gasteiger charge is -2.28. The molecule has 3 rings (SSSR count). The average molecular weight is 321 g/mol. The van der Waals surface area contributed by atoms with Crippen LogP contribution in [0.15, 0.2) is 60.2 Å². The average Bonchev–Trinajstić information content (AvgIpc) is 2.63. The van der Waals surface area contributed by atoms with Crippen LogP contribution in [-0.4, -0.2) is 35.0 Å². The number of carbonyl (C=O) groups excluding carboxylic acids is 1. The molecule has 2 aromatic carbocycles. The Labute approximate surface area is 141 Å². The first-order valence-electron chi connectivity index (χ1n) is 8.00. The topological polar surface area (TPSA) is 57.6 Å². The van der Waals surface area contributed by atoms with E-state index in [2.05, 4.69) is 6.08 Å². The van der Waals surface area contributed by atoms with E-state index in [1.54, 1.807) is 12.1 Å². The smallest absolute Gasteiger partial charge is 0.335 e. The number of amides is 1. The van der Waals surface area contributed by atoms with Crippen LogP contribution >= 0.6 is 0 Å². The molecule has 0 saturated carbocycles. The van der Waals surface area contributed by atoms with Crippen molar-refractivity contribution in [3.8, 4) is 0 Å². The van der Waals surface area contributed by atoms with Crippen LogP contribution in [0.25, 0.3) is 6.08 Å². The van der Waals surface area contributed by atoms with Crippen molar-refractivity contribution in [2.45, 2.75) is 12.8 Å². The number of benzene rings is 2. The highest BCUT2D eigenvalue weighted by Gasteiger charge is 2.19. The molecule has 1 N–H and O–H groups in total. The molecule has 1 amide bonds. The molecular weight excluding hydrogens is 302 g/mol. The van der Waals surface area contributed by atoms with Gasteiger partial charge in [-0.05, 0) is 42.7 Å². The van der Waals surface area contributed by atoms with Crippen LogP contribution in [0.5, 0.6) is 0 Å². The third kappa shape index (κ3) is 3.71. The maximum atomic E-state index is 12.4. The van der Waals surface area contributed by atoms with Gasteiger partial charge in [-0.25, -0.2) is 4.79 Å². The molecule has 0 aromatic heterocycles. The Kier molecular flexibility index (Phi) is 4.75. The molecule has 0 atom stereocenters. The maximum absolute atomic E-state index is 12.4. The van der Waals surface area contributed by atoms with Crippen LogP contribution in [0.3, 0.4) is 0 Å². The van der Waals surface area contributed by atoms with E-state index in [9.17, 15) is 9.59 Å². The second-order valence-electron chi connectivity index (χ2n) is 5.89. The summed E-state index contributed by atoms with van der Waals surface area (Å²) in [5.74, 6) is -0.831. The van der Waals surface area contributed by atoms with Crippen LogP contribution in [0.4, 0.5) is 0 Å². The van der Waals surface area contributed by atoms with Crippen molar-refractivity contribution in [2.75, 3.05) is 13.1 Å². The molecule has 0 spiro atoms. The monoisotopic (exact) mass is 321 g/mol. The van der Waals surface area contributed by atoms with E-state index >= 15 is 0 Å². The molecule has 0 bridgehead atoms. The quantitative estimate of drug-likeness (QED) is 0.937. The van der Waals surface area contributed by atoms with Crippen molar-refractivity contribution >= 4 is 18.0 Å². The molecular formula is C20H19NO3. The first-order chi connectivity index (χ1) is 11.6. The number of carboxylic acid groups (broad SMARTS) is 1. The minimum Gasteiger partial charge on any atom is -0.478 e. The lowest BCUT2D eigenvalue weighted by atomic mass is 9.99. The largest absolute Gasteiger partial charge is 0.478 e. The number of nitrogens with zero attached hydrogens (tertiary/aromatic N) is 1. The normalized spacial score (nSPS) is 14.3. The van der Waals surface area contributed by atoms with Crippen molar-refractivity contribution in [3.63, 3.8) is 0 Å². The van der Waals surface area contributed by atoms with E-state index < -0.39 is 5.97 Å². The summed E-state index contributed by atoms with van der Waals surface area (Å²) in [4.78, 5) is 25.2. The maximum Gasteiger partial charge on any atom is 0.335 e. The molecule has 1 heterocycles. The van der Waals surface area contributed by atoms with Crippen molar-refractivity contribution in [1.82, 2.24) is 4.90 Å². The lowest BCUT2D eigenvalue weighted by molar-refractivity contribution is 0.0695. The zero-order valence-electron chi connectivity index (χ0n) is 13.3. The Hall–Kier alpha value is -2.88. The molecule has 0 radical (unpaired) electrons. The predicted molar refractivity (Wildman–Crippen MR) is 93.0 cm³/mol. The summed E-state index contributed by atoms with van der Waals surface area (Å²) in [5, 5.41) is 8.92. The number of rotatable bonds is 3. The van der Waals surface area contributed by atoms with Gasteiger partial charge in [0.15, 0.2) is 0 Å². The van der Waals surface area contributed by atoms with Gasteiger partial charge in [-0.2, -0.15) is 0 Å². The SMILES string of the molecule is O=C(O)c1ccc(C=C2CCN(C(=O)c3ccccc3)CC2)cc1. The van der Waals surface area contributed by atoms with Crippen molar-refractivity contribution in [1.29, 1.82) is 0 Å². The van der Waals surface area contributed by atoms with E-state index in [-0.39, 0.29) is 5.91 Å². The summed E-state index contributed by atoms with van der Waals surface area (Å²) in [7, 11) is 0. The van der Waals surface area contributed by atoms with Crippen molar-refractivity contribution in [3.05, 3.63) is 76.9 Å². The summed E-state index contributed by atoms with van der Waals surface area (Å²) in [5.41, 5.74) is 3.31. The summed E-state index contributed by atoms with van der Waals surface area (Å²) in [6.07, 6.45) is 3.79. The number of likely N-dealkylation sites (tertiary alicyclic amines) is 1. The summed E-state index contributed by atoms with van der Waals surface area (Å²) >= 11 is 0. The second kappa shape index (κ2) is 7.13. The van der Waals surface area contributed by atoms with Gasteiger partial charge in [0.1, 0.15) is 0 Å². The molecule has 0 aliphatic carbocycles. The van der Waals surface area contributed by atoms with E-state index in [1.807, 2.05) is 47.4 Å². The van der Waals surface area contributed by atoms with Crippen LogP contribution < -0.4 is 0 Å². The molecule has 1 aliphatic rings. The molecule has 1 saturated heterocycles. The fourth-order valence-electron chi connectivity index (χ4n) is 2.86. The Morgan fingerprint density at radius 3 is 2.08 bits per heavy atom. The van der Waals surface area contributed by atoms with Crippen LogP contribution in [-0.2, 0) is 0 Å². The van der Waals surface area contributed by atoms with Gasteiger partial charge in [-0.1, -0.05) is 42.0 Å². The van der Waals surface area contributed by atoms with Gasteiger partial charge in [0.25, 0.3) is 5.91 Å². The molecule has 2 aromatic rings. The molecule has 1 aliphatic heterocycles. The highest BCUT2D eigenvalue weighted by Crippen LogP contribution is 2.21. The molecule has 0 unspecified atom stereocenters. The standard InChI is InChI=1S/C20H19NO3/c22-19(17-4-2-1-3-5-17)21-12-10-16(11-13-21)14-15-6-8-18(9-7-15)20(23)24/h1-9,14H,10-13H2,(H,23,24). The molecule has 1 fully saturated rings. The van der Waals surface area contributed by atoms with Crippen LogP contribution in [0, 0.1) is 0 Å². The number of carbonyl (C=O) groups is 2.